The summed E-state index contributed by atoms with van der Waals surface area (Å²) in [6.45, 7) is 12.2. The van der Waals surface area contributed by atoms with Gasteiger partial charge in [-0.3, -0.25) is 0 Å². The Balaban J connectivity index is 1.74. The Kier molecular flexibility index (Phi) is 5.50. The molecule has 0 amide bonds. The van der Waals surface area contributed by atoms with E-state index < -0.39 is 0 Å². The smallest absolute Gasteiger partial charge is 0.00978 e. The van der Waals surface area contributed by atoms with Crippen LogP contribution in [0.2, 0.25) is 0 Å². The maximum absolute atomic E-state index is 3.91. The first-order valence-corrected chi connectivity index (χ1v) is 8.16. The van der Waals surface area contributed by atoms with E-state index in [9.17, 15) is 0 Å². The fraction of sp³-hybridized carbons (Fsp3) is 1.00. The molecule has 0 spiro atoms. The third-order valence-electron chi connectivity index (χ3n) is 5.16. The van der Waals surface area contributed by atoms with E-state index in [1.807, 2.05) is 0 Å². The molecule has 2 heteroatoms. The van der Waals surface area contributed by atoms with Crippen LogP contribution >= 0.6 is 0 Å². The molecule has 1 heterocycles. The number of hydrogen-bond acceptors (Lipinski definition) is 2. The summed E-state index contributed by atoms with van der Waals surface area (Å²) in [6.07, 6.45) is 7.15. The molecule has 1 aliphatic heterocycles. The molecule has 3 unspecified atom stereocenters. The largest absolute Gasteiger partial charge is 0.313 e. The molecule has 0 aromatic rings. The van der Waals surface area contributed by atoms with Gasteiger partial charge in [0.1, 0.15) is 0 Å². The fourth-order valence-corrected chi connectivity index (χ4v) is 3.90. The molecule has 0 bridgehead atoms. The molecular weight excluding hydrogens is 220 g/mol. The van der Waals surface area contributed by atoms with E-state index in [0.717, 1.165) is 23.8 Å². The Morgan fingerprint density at radius 3 is 2.61 bits per heavy atom. The number of hydrogen-bond donors (Lipinski definition) is 1. The molecule has 1 saturated heterocycles. The Morgan fingerprint density at radius 2 is 1.94 bits per heavy atom. The molecule has 2 rings (SSSR count). The molecule has 2 aliphatic rings. The van der Waals surface area contributed by atoms with Gasteiger partial charge in [-0.1, -0.05) is 33.6 Å². The predicted molar refractivity (Wildman–Crippen MR) is 78.8 cm³/mol. The van der Waals surface area contributed by atoms with E-state index in [1.54, 1.807) is 0 Å². The van der Waals surface area contributed by atoms with E-state index in [2.05, 4.69) is 31.0 Å². The lowest BCUT2D eigenvalue weighted by atomic mass is 9.77. The monoisotopic (exact) mass is 252 g/mol. The van der Waals surface area contributed by atoms with Crippen LogP contribution in [-0.4, -0.2) is 37.1 Å². The van der Waals surface area contributed by atoms with Gasteiger partial charge in [-0.15, -0.1) is 0 Å². The minimum atomic E-state index is 0.800. The van der Waals surface area contributed by atoms with Gasteiger partial charge in [-0.25, -0.2) is 0 Å². The van der Waals surface area contributed by atoms with Crippen molar-refractivity contribution >= 4 is 0 Å². The molecule has 1 saturated carbocycles. The summed E-state index contributed by atoms with van der Waals surface area (Å²) in [5.74, 6) is 2.67. The SMILES string of the molecule is CCN1CCC(CNC2CCCCC2C(C)C)C1. The van der Waals surface area contributed by atoms with Crippen molar-refractivity contribution in [1.82, 2.24) is 10.2 Å². The minimum absolute atomic E-state index is 0.800. The van der Waals surface area contributed by atoms with Crippen LogP contribution in [0.3, 0.4) is 0 Å². The van der Waals surface area contributed by atoms with Gasteiger partial charge in [0.2, 0.25) is 0 Å². The van der Waals surface area contributed by atoms with Crippen molar-refractivity contribution in [3.05, 3.63) is 0 Å². The molecule has 1 aliphatic carbocycles. The van der Waals surface area contributed by atoms with Crippen LogP contribution in [0.4, 0.5) is 0 Å². The Labute approximate surface area is 114 Å². The summed E-state index contributed by atoms with van der Waals surface area (Å²) in [6, 6.07) is 0.800. The number of nitrogens with one attached hydrogen (secondary N) is 1. The average molecular weight is 252 g/mol. The standard InChI is InChI=1S/C16H32N2/c1-4-18-10-9-14(12-18)11-17-16-8-6-5-7-15(16)13(2)3/h13-17H,4-12H2,1-3H3. The summed E-state index contributed by atoms with van der Waals surface area (Å²) in [4.78, 5) is 2.59. The zero-order valence-corrected chi connectivity index (χ0v) is 12.6. The van der Waals surface area contributed by atoms with Crippen LogP contribution in [0.1, 0.15) is 52.9 Å². The first-order valence-electron chi connectivity index (χ1n) is 8.16. The van der Waals surface area contributed by atoms with Crippen LogP contribution < -0.4 is 5.32 Å². The fourth-order valence-electron chi connectivity index (χ4n) is 3.90. The van der Waals surface area contributed by atoms with Crippen molar-refractivity contribution in [1.29, 1.82) is 0 Å². The molecule has 2 fully saturated rings. The topological polar surface area (TPSA) is 15.3 Å². The highest BCUT2D eigenvalue weighted by Crippen LogP contribution is 2.30. The lowest BCUT2D eigenvalue weighted by Gasteiger charge is -2.35. The molecule has 3 atom stereocenters. The normalized spacial score (nSPS) is 34.3. The summed E-state index contributed by atoms with van der Waals surface area (Å²) in [5, 5.41) is 3.91. The van der Waals surface area contributed by atoms with Gasteiger partial charge in [0.05, 0.1) is 0 Å². The second kappa shape index (κ2) is 6.91. The molecule has 18 heavy (non-hydrogen) atoms. The maximum atomic E-state index is 3.91. The highest BCUT2D eigenvalue weighted by Gasteiger charge is 2.28. The van der Waals surface area contributed by atoms with Crippen LogP contribution in [0.15, 0.2) is 0 Å². The third-order valence-corrected chi connectivity index (χ3v) is 5.16. The lowest BCUT2D eigenvalue weighted by molar-refractivity contribution is 0.199. The van der Waals surface area contributed by atoms with Crippen molar-refractivity contribution < 1.29 is 0 Å². The quantitative estimate of drug-likeness (QED) is 0.809. The maximum Gasteiger partial charge on any atom is 0.00978 e. The van der Waals surface area contributed by atoms with Gasteiger partial charge in [0.15, 0.2) is 0 Å². The van der Waals surface area contributed by atoms with Gasteiger partial charge in [-0.2, -0.15) is 0 Å². The van der Waals surface area contributed by atoms with E-state index in [1.165, 1.54) is 58.3 Å². The van der Waals surface area contributed by atoms with E-state index in [-0.39, 0.29) is 0 Å². The van der Waals surface area contributed by atoms with Crippen molar-refractivity contribution in [3.63, 3.8) is 0 Å². The number of likely N-dealkylation sites (tertiary alicyclic amines) is 1. The molecule has 0 aromatic heterocycles. The first kappa shape index (κ1) is 14.3. The van der Waals surface area contributed by atoms with E-state index in [4.69, 9.17) is 0 Å². The molecular formula is C16H32N2. The summed E-state index contributed by atoms with van der Waals surface area (Å²) < 4.78 is 0. The zero-order chi connectivity index (χ0) is 13.0. The van der Waals surface area contributed by atoms with Gasteiger partial charge in [0.25, 0.3) is 0 Å². The minimum Gasteiger partial charge on any atom is -0.313 e. The Bertz CT molecular complexity index is 239. The Morgan fingerprint density at radius 1 is 1.17 bits per heavy atom. The third kappa shape index (κ3) is 3.71. The summed E-state index contributed by atoms with van der Waals surface area (Å²) in [7, 11) is 0. The lowest BCUT2D eigenvalue weighted by Crippen LogP contribution is -2.43. The molecule has 2 nitrogen and oxygen atoms in total. The van der Waals surface area contributed by atoms with Gasteiger partial charge in [0, 0.05) is 12.6 Å². The predicted octanol–water partition coefficient (Wildman–Crippen LogP) is 3.13. The first-order chi connectivity index (χ1) is 8.70. The van der Waals surface area contributed by atoms with Crippen molar-refractivity contribution in [2.24, 2.45) is 17.8 Å². The van der Waals surface area contributed by atoms with Gasteiger partial charge >= 0.3 is 0 Å². The average Bonchev–Trinajstić information content (AvgIpc) is 2.84. The van der Waals surface area contributed by atoms with Crippen LogP contribution in [0.5, 0.6) is 0 Å². The summed E-state index contributed by atoms with van der Waals surface area (Å²) >= 11 is 0. The van der Waals surface area contributed by atoms with Crippen LogP contribution in [0.25, 0.3) is 0 Å². The molecule has 0 radical (unpaired) electrons. The van der Waals surface area contributed by atoms with Crippen LogP contribution in [0, 0.1) is 17.8 Å². The van der Waals surface area contributed by atoms with Crippen LogP contribution in [-0.2, 0) is 0 Å². The molecule has 0 aromatic carbocycles. The summed E-state index contributed by atoms with van der Waals surface area (Å²) in [5.41, 5.74) is 0. The second-order valence-electron chi connectivity index (χ2n) is 6.75. The second-order valence-corrected chi connectivity index (χ2v) is 6.75. The Hall–Kier alpha value is -0.0800. The highest BCUT2D eigenvalue weighted by molar-refractivity contribution is 4.85. The van der Waals surface area contributed by atoms with E-state index in [0.29, 0.717) is 0 Å². The van der Waals surface area contributed by atoms with Crippen molar-refractivity contribution in [2.45, 2.75) is 58.9 Å². The zero-order valence-electron chi connectivity index (χ0n) is 12.6. The number of nitrogens with zero attached hydrogens (tertiary/aromatic N) is 1. The van der Waals surface area contributed by atoms with E-state index >= 15 is 0 Å². The van der Waals surface area contributed by atoms with Crippen molar-refractivity contribution in [2.75, 3.05) is 26.2 Å². The highest BCUT2D eigenvalue weighted by atomic mass is 15.1. The molecule has 1 N–H and O–H groups in total. The number of rotatable bonds is 5. The van der Waals surface area contributed by atoms with Crippen molar-refractivity contribution in [3.8, 4) is 0 Å². The van der Waals surface area contributed by atoms with Gasteiger partial charge in [-0.05, 0) is 56.7 Å². The molecule has 106 valence electrons. The van der Waals surface area contributed by atoms with Gasteiger partial charge < -0.3 is 10.2 Å².